The van der Waals surface area contributed by atoms with Crippen LogP contribution < -0.4 is 10.9 Å². The molecule has 0 aromatic carbocycles. The van der Waals surface area contributed by atoms with E-state index in [1.807, 2.05) is 0 Å². The smallest absolute Gasteiger partial charge is 0.410 e. The van der Waals surface area contributed by atoms with E-state index < -0.39 is 41.4 Å². The molecule has 0 radical (unpaired) electrons. The summed E-state index contributed by atoms with van der Waals surface area (Å²) < 4.78 is 46.3. The van der Waals surface area contributed by atoms with E-state index in [4.69, 9.17) is 4.42 Å². The van der Waals surface area contributed by atoms with E-state index in [-0.39, 0.29) is 23.7 Å². The highest BCUT2D eigenvalue weighted by Gasteiger charge is 2.25. The second-order valence-electron chi connectivity index (χ2n) is 8.23. The van der Waals surface area contributed by atoms with Crippen molar-refractivity contribution in [3.63, 3.8) is 0 Å². The number of nitrogens with one attached hydrogen (secondary N) is 1. The number of aromatic hydroxyl groups is 1. The van der Waals surface area contributed by atoms with E-state index in [1.165, 1.54) is 32.4 Å². The van der Waals surface area contributed by atoms with Crippen LogP contribution in [0.5, 0.6) is 5.75 Å². The summed E-state index contributed by atoms with van der Waals surface area (Å²) in [6.07, 6.45) is 2.53. The van der Waals surface area contributed by atoms with Crippen molar-refractivity contribution >= 4 is 11.9 Å². The molecule has 194 valence electrons. The van der Waals surface area contributed by atoms with Gasteiger partial charge >= 0.3 is 17.9 Å². The maximum atomic E-state index is 12.7. The molecule has 0 aliphatic rings. The van der Waals surface area contributed by atoms with Gasteiger partial charge in [-0.1, -0.05) is 30.7 Å². The largest absolute Gasteiger partial charge is 0.507 e. The lowest BCUT2D eigenvalue weighted by molar-refractivity contribution is -0.135. The van der Waals surface area contributed by atoms with Crippen molar-refractivity contribution in [1.82, 2.24) is 5.32 Å². The van der Waals surface area contributed by atoms with Gasteiger partial charge in [0.15, 0.2) is 5.78 Å². The number of unbranched alkanes of at least 4 members (excludes halogenated alkanes) is 1. The van der Waals surface area contributed by atoms with Gasteiger partial charge in [0, 0.05) is 24.6 Å². The summed E-state index contributed by atoms with van der Waals surface area (Å²) >= 11 is 0. The fourth-order valence-corrected chi connectivity index (χ4v) is 3.06. The fourth-order valence-electron chi connectivity index (χ4n) is 3.06. The first-order valence-corrected chi connectivity index (χ1v) is 11.2. The number of carbonyl (C=O) groups excluding carboxylic acids is 2. The Morgan fingerprint density at radius 3 is 2.51 bits per heavy atom. The molecule has 1 aromatic rings. The molecule has 0 aliphatic carbocycles. The van der Waals surface area contributed by atoms with E-state index in [9.17, 15) is 32.7 Å². The fraction of sp³-hybridized carbons (Fsp3) is 0.480. The van der Waals surface area contributed by atoms with Crippen molar-refractivity contribution in [2.24, 2.45) is 0 Å². The van der Waals surface area contributed by atoms with Crippen LogP contribution in [-0.4, -0.2) is 30.3 Å². The predicted octanol–water partition coefficient (Wildman–Crippen LogP) is 6.30. The first-order chi connectivity index (χ1) is 16.4. The van der Waals surface area contributed by atoms with Gasteiger partial charge in [-0.25, -0.2) is 9.59 Å². The van der Waals surface area contributed by atoms with Crippen LogP contribution in [0.2, 0.25) is 0 Å². The zero-order chi connectivity index (χ0) is 26.6. The summed E-state index contributed by atoms with van der Waals surface area (Å²) in [5.41, 5.74) is -0.477. The third kappa shape index (κ3) is 11.1. The Hall–Kier alpha value is -3.30. The number of hydrogen-bond donors (Lipinski definition) is 2. The average molecular weight is 500 g/mol. The van der Waals surface area contributed by atoms with Gasteiger partial charge in [0.25, 0.3) is 0 Å². The van der Waals surface area contributed by atoms with Crippen molar-refractivity contribution in [1.29, 1.82) is 0 Å². The molecule has 1 unspecified atom stereocenters. The quantitative estimate of drug-likeness (QED) is 0.151. The van der Waals surface area contributed by atoms with Crippen LogP contribution in [-0.2, 0) is 4.74 Å². The average Bonchev–Trinajstić information content (AvgIpc) is 2.78. The van der Waals surface area contributed by atoms with Crippen LogP contribution in [0.4, 0.5) is 18.0 Å². The van der Waals surface area contributed by atoms with Crippen LogP contribution in [0.3, 0.4) is 0 Å². The van der Waals surface area contributed by atoms with Gasteiger partial charge in [0.05, 0.1) is 7.11 Å². The minimum atomic E-state index is -4.17. The molecule has 0 spiro atoms. The minimum absolute atomic E-state index is 0.0245. The number of ketones is 1. The summed E-state index contributed by atoms with van der Waals surface area (Å²) in [6, 6.07) is 1.24. The van der Waals surface area contributed by atoms with Crippen LogP contribution in [0.15, 0.2) is 50.9 Å². The summed E-state index contributed by atoms with van der Waals surface area (Å²) in [5, 5.41) is 12.7. The summed E-state index contributed by atoms with van der Waals surface area (Å²) in [6.45, 7) is 5.00. The number of carbonyl (C=O) groups is 2. The normalized spacial score (nSPS) is 13.7. The third-order valence-electron chi connectivity index (χ3n) is 5.19. The monoisotopic (exact) mass is 499 g/mol. The molecule has 10 heteroatoms. The van der Waals surface area contributed by atoms with Gasteiger partial charge in [-0.2, -0.15) is 13.2 Å². The van der Waals surface area contributed by atoms with E-state index in [1.54, 1.807) is 26.0 Å². The molecule has 0 saturated heterocycles. The second-order valence-corrected chi connectivity index (χ2v) is 8.23. The SMILES string of the molecule is COC(=O)N/C=C/CCC(C)c1cc(O)c(C(=O)/C(C)=C/C=C(\C)CCCCC(F)(F)F)c(=O)o1. The molecule has 1 rings (SSSR count). The number of ether oxygens (including phenoxy) is 1. The molecule has 7 nitrogen and oxygen atoms in total. The van der Waals surface area contributed by atoms with Gasteiger partial charge in [-0.05, 0) is 51.5 Å². The zero-order valence-electron chi connectivity index (χ0n) is 20.3. The lowest BCUT2D eigenvalue weighted by Gasteiger charge is -2.11. The Morgan fingerprint density at radius 1 is 1.23 bits per heavy atom. The number of alkyl carbamates (subject to hydrolysis) is 1. The Labute approximate surface area is 202 Å². The van der Waals surface area contributed by atoms with Crippen molar-refractivity contribution < 1.29 is 37.0 Å². The maximum absolute atomic E-state index is 12.7. The minimum Gasteiger partial charge on any atom is -0.507 e. The predicted molar refractivity (Wildman–Crippen MR) is 125 cm³/mol. The molecule has 0 bridgehead atoms. The second kappa shape index (κ2) is 14.2. The lowest BCUT2D eigenvalue weighted by Crippen LogP contribution is -2.16. The summed E-state index contributed by atoms with van der Waals surface area (Å²) in [5.74, 6) is -1.22. The lowest BCUT2D eigenvalue weighted by atomic mass is 9.99. The third-order valence-corrected chi connectivity index (χ3v) is 5.19. The Bertz CT molecular complexity index is 1020. The highest BCUT2D eigenvalue weighted by atomic mass is 19.4. The number of halogens is 3. The number of hydrogen-bond acceptors (Lipinski definition) is 6. The van der Waals surface area contributed by atoms with E-state index in [2.05, 4.69) is 10.1 Å². The maximum Gasteiger partial charge on any atom is 0.410 e. The van der Waals surface area contributed by atoms with E-state index in [0.717, 1.165) is 5.57 Å². The highest BCUT2D eigenvalue weighted by Crippen LogP contribution is 2.26. The van der Waals surface area contributed by atoms with Gasteiger partial charge in [-0.3, -0.25) is 10.1 Å². The molecular weight excluding hydrogens is 467 g/mol. The van der Waals surface area contributed by atoms with Crippen LogP contribution in [0, 0.1) is 0 Å². The first kappa shape index (κ1) is 29.7. The molecule has 1 amide bonds. The standard InChI is InChI=1S/C25H32F3NO6/c1-16(9-5-7-13-25(26,27)28)11-12-18(3)22(31)21-19(30)15-20(35-23(21)32)17(2)10-6-8-14-29-24(33)34-4/h8,11-12,14-15,17,30H,5-7,9-10,13H2,1-4H3,(H,29,33)/b14-8+,16-11+,18-12+. The van der Waals surface area contributed by atoms with E-state index >= 15 is 0 Å². The summed E-state index contributed by atoms with van der Waals surface area (Å²) in [4.78, 5) is 36.1. The van der Waals surface area contributed by atoms with E-state index in [0.29, 0.717) is 25.7 Å². The van der Waals surface area contributed by atoms with Gasteiger partial charge in [-0.15, -0.1) is 0 Å². The molecule has 35 heavy (non-hydrogen) atoms. The highest BCUT2D eigenvalue weighted by molar-refractivity contribution is 6.09. The van der Waals surface area contributed by atoms with Gasteiger partial charge in [0.1, 0.15) is 17.1 Å². The van der Waals surface area contributed by atoms with Gasteiger partial charge < -0.3 is 14.3 Å². The molecule has 2 N–H and O–H groups in total. The molecule has 1 heterocycles. The van der Waals surface area contributed by atoms with Crippen molar-refractivity contribution in [2.45, 2.75) is 71.4 Å². The van der Waals surface area contributed by atoms with Crippen molar-refractivity contribution in [2.75, 3.05) is 7.11 Å². The number of alkyl halides is 3. The molecule has 0 saturated carbocycles. The Morgan fingerprint density at radius 2 is 1.91 bits per heavy atom. The van der Waals surface area contributed by atoms with Crippen LogP contribution in [0.25, 0.3) is 0 Å². The zero-order valence-corrected chi connectivity index (χ0v) is 20.3. The molecule has 1 aromatic heterocycles. The van der Waals surface area contributed by atoms with Crippen LogP contribution in [0.1, 0.15) is 81.3 Å². The molecule has 1 atom stereocenters. The number of rotatable bonds is 12. The molecule has 0 fully saturated rings. The number of methoxy groups -OCH3 is 1. The first-order valence-electron chi connectivity index (χ1n) is 11.2. The number of amides is 1. The summed E-state index contributed by atoms with van der Waals surface area (Å²) in [7, 11) is 1.25. The molecular formula is C25H32F3NO6. The molecule has 0 aliphatic heterocycles. The number of Topliss-reactive ketones (excluding diaryl/α,β-unsaturated/α-hetero) is 1. The van der Waals surface area contributed by atoms with Crippen molar-refractivity contribution in [3.05, 3.63) is 63.4 Å². The number of allylic oxidation sites excluding steroid dienone is 5. The topological polar surface area (TPSA) is 106 Å². The van der Waals surface area contributed by atoms with Crippen molar-refractivity contribution in [3.8, 4) is 5.75 Å². The Balaban J connectivity index is 2.79. The van der Waals surface area contributed by atoms with Gasteiger partial charge in [0.2, 0.25) is 0 Å². The van der Waals surface area contributed by atoms with Crippen LogP contribution >= 0.6 is 0 Å². The Kier molecular flexibility index (Phi) is 12.0.